The molecule has 1 fully saturated rings. The van der Waals surface area contributed by atoms with Crippen LogP contribution in [0.4, 0.5) is 0 Å². The number of hydrogen-bond donors (Lipinski definition) is 4. The number of aliphatic carboxylic acids is 2. The first kappa shape index (κ1) is 27.9. The number of carboxylic acid groups (broad SMARTS) is 2. The molecule has 3 unspecified atom stereocenters. The Kier molecular flexibility index (Phi) is 10.1. The van der Waals surface area contributed by atoms with Crippen molar-refractivity contribution in [3.05, 3.63) is 33.8 Å². The highest BCUT2D eigenvalue weighted by molar-refractivity contribution is 6.48. The van der Waals surface area contributed by atoms with Crippen molar-refractivity contribution in [1.29, 1.82) is 0 Å². The number of carbonyl (C=O) groups excluding carboxylic acids is 2. The Morgan fingerprint density at radius 3 is 2.18 bits per heavy atom. The topological polar surface area (TPSA) is 160 Å². The van der Waals surface area contributed by atoms with Crippen molar-refractivity contribution in [3.63, 3.8) is 0 Å². The van der Waals surface area contributed by atoms with Gasteiger partial charge in [-0.2, -0.15) is 0 Å². The molecule has 0 spiro atoms. The highest BCUT2D eigenvalue weighted by Crippen LogP contribution is 2.23. The van der Waals surface area contributed by atoms with Crippen LogP contribution in [0.2, 0.25) is 10.0 Å². The molecule has 4 atom stereocenters. The van der Waals surface area contributed by atoms with Gasteiger partial charge in [0.15, 0.2) is 12.2 Å². The van der Waals surface area contributed by atoms with E-state index in [0.29, 0.717) is 0 Å². The van der Waals surface area contributed by atoms with E-state index in [2.05, 4.69) is 10.6 Å². The number of rotatable bonds is 11. The van der Waals surface area contributed by atoms with E-state index in [0.717, 1.165) is 0 Å². The molecule has 2 rings (SSSR count). The third kappa shape index (κ3) is 7.31. The van der Waals surface area contributed by atoms with E-state index < -0.39 is 55.1 Å². The van der Waals surface area contributed by atoms with Crippen LogP contribution in [0.5, 0.6) is 0 Å². The second-order valence-electron chi connectivity index (χ2n) is 8.01. The smallest absolute Gasteiger partial charge is 0.479 e. The zero-order valence-electron chi connectivity index (χ0n) is 18.6. The van der Waals surface area contributed by atoms with Crippen LogP contribution in [0.1, 0.15) is 30.6 Å². The Morgan fingerprint density at radius 2 is 1.68 bits per heavy atom. The Hall–Kier alpha value is -2.38. The predicted octanol–water partition coefficient (Wildman–Crippen LogP) is 1.25. The van der Waals surface area contributed by atoms with Gasteiger partial charge in [0, 0.05) is 12.1 Å². The van der Waals surface area contributed by atoms with Crippen LogP contribution >= 0.6 is 23.2 Å². The first-order valence-electron chi connectivity index (χ1n) is 10.3. The summed E-state index contributed by atoms with van der Waals surface area (Å²) >= 11 is 12.0. The van der Waals surface area contributed by atoms with Crippen molar-refractivity contribution in [3.8, 4) is 0 Å². The van der Waals surface area contributed by atoms with Crippen molar-refractivity contribution in [2.24, 2.45) is 5.92 Å². The number of carboxylic acids is 2. The molecule has 14 heteroatoms. The number of methoxy groups -OCH3 is 1. The van der Waals surface area contributed by atoms with Crippen LogP contribution < -0.4 is 10.6 Å². The summed E-state index contributed by atoms with van der Waals surface area (Å²) in [6.07, 6.45) is -3.22. The molecule has 0 saturated carbocycles. The lowest BCUT2D eigenvalue weighted by atomic mass is 9.74. The summed E-state index contributed by atoms with van der Waals surface area (Å²) in [5, 5.41) is 24.1. The number of amides is 2. The highest BCUT2D eigenvalue weighted by Gasteiger charge is 2.51. The summed E-state index contributed by atoms with van der Waals surface area (Å²) in [5.74, 6) is -5.29. The zero-order valence-corrected chi connectivity index (χ0v) is 20.1. The minimum absolute atomic E-state index is 0.00890. The van der Waals surface area contributed by atoms with Crippen molar-refractivity contribution >= 4 is 54.1 Å². The maximum absolute atomic E-state index is 13.0. The second kappa shape index (κ2) is 12.4. The van der Waals surface area contributed by atoms with Crippen LogP contribution in [-0.4, -0.2) is 79.0 Å². The minimum atomic E-state index is -1.74. The molecule has 4 N–H and O–H groups in total. The van der Waals surface area contributed by atoms with Gasteiger partial charge >= 0.3 is 19.1 Å². The normalized spacial score (nSPS) is 19.5. The van der Waals surface area contributed by atoms with E-state index in [1.165, 1.54) is 25.3 Å². The molecule has 1 aliphatic heterocycles. The third-order valence-corrected chi connectivity index (χ3v) is 5.40. The van der Waals surface area contributed by atoms with Gasteiger partial charge in [0.05, 0.1) is 23.1 Å². The van der Waals surface area contributed by atoms with Crippen LogP contribution in [0.25, 0.3) is 0 Å². The molecule has 1 heterocycles. The monoisotopic (exact) mass is 518 g/mol. The molecule has 34 heavy (non-hydrogen) atoms. The van der Waals surface area contributed by atoms with Crippen LogP contribution in [0, 0.1) is 5.92 Å². The number of benzene rings is 1. The lowest BCUT2D eigenvalue weighted by molar-refractivity contribution is -0.156. The third-order valence-electron chi connectivity index (χ3n) is 4.83. The van der Waals surface area contributed by atoms with Gasteiger partial charge in [0.1, 0.15) is 6.04 Å². The van der Waals surface area contributed by atoms with Gasteiger partial charge in [-0.1, -0.05) is 37.0 Å². The van der Waals surface area contributed by atoms with Gasteiger partial charge in [-0.15, -0.1) is 0 Å². The number of hydrogen-bond acceptors (Lipinski definition) is 7. The lowest BCUT2D eigenvalue weighted by Gasteiger charge is -2.25. The molecule has 2 amide bonds. The maximum atomic E-state index is 13.0. The first-order chi connectivity index (χ1) is 15.9. The fourth-order valence-electron chi connectivity index (χ4n) is 3.32. The summed E-state index contributed by atoms with van der Waals surface area (Å²) < 4.78 is 15.7. The summed E-state index contributed by atoms with van der Waals surface area (Å²) in [7, 11) is -0.00231. The quantitative estimate of drug-likeness (QED) is 0.316. The van der Waals surface area contributed by atoms with Crippen molar-refractivity contribution in [2.45, 2.75) is 44.5 Å². The van der Waals surface area contributed by atoms with Gasteiger partial charge in [-0.3, -0.25) is 9.59 Å². The Balaban J connectivity index is 2.19. The fourth-order valence-corrected chi connectivity index (χ4v) is 3.69. The summed E-state index contributed by atoms with van der Waals surface area (Å²) in [4.78, 5) is 48.5. The molecule has 1 aliphatic rings. The number of ether oxygens (including phenoxy) is 1. The van der Waals surface area contributed by atoms with Crippen LogP contribution in [0.3, 0.4) is 0 Å². The minimum Gasteiger partial charge on any atom is -0.479 e. The molecule has 186 valence electrons. The fraction of sp³-hybridized carbons (Fsp3) is 0.500. The van der Waals surface area contributed by atoms with E-state index in [1.807, 2.05) is 13.8 Å². The maximum Gasteiger partial charge on any atom is 0.482 e. The van der Waals surface area contributed by atoms with E-state index in [1.54, 1.807) is 0 Å². The van der Waals surface area contributed by atoms with E-state index in [4.69, 9.17) is 37.2 Å². The first-order valence-corrected chi connectivity index (χ1v) is 11.0. The van der Waals surface area contributed by atoms with Gasteiger partial charge in [0.25, 0.3) is 5.91 Å². The Morgan fingerprint density at radius 1 is 1.09 bits per heavy atom. The molecule has 1 aromatic rings. The molecular formula is C20H25BCl2N2O9. The average molecular weight is 519 g/mol. The largest absolute Gasteiger partial charge is 0.482 e. The van der Waals surface area contributed by atoms with Crippen molar-refractivity contribution in [1.82, 2.24) is 10.6 Å². The number of nitrogens with one attached hydrogen (secondary N) is 2. The van der Waals surface area contributed by atoms with Gasteiger partial charge in [-0.25, -0.2) is 9.59 Å². The Bertz CT molecular complexity index is 911. The molecule has 1 saturated heterocycles. The summed E-state index contributed by atoms with van der Waals surface area (Å²) in [6, 6.07) is 3.12. The van der Waals surface area contributed by atoms with Crippen molar-refractivity contribution < 1.29 is 43.4 Å². The van der Waals surface area contributed by atoms with Crippen molar-refractivity contribution in [2.75, 3.05) is 13.7 Å². The average Bonchev–Trinajstić information content (AvgIpc) is 3.20. The molecule has 0 radical (unpaired) electrons. The van der Waals surface area contributed by atoms with Gasteiger partial charge in [0.2, 0.25) is 5.91 Å². The zero-order chi connectivity index (χ0) is 25.6. The highest BCUT2D eigenvalue weighted by atomic mass is 35.5. The second-order valence-corrected chi connectivity index (χ2v) is 8.85. The SMILES string of the molecule is COCC(NC(=O)c1cc(Cl)ccc1Cl)C(=O)N[C@@H](CC(C)C)B1OC(C(=O)O)C(C(=O)O)O1. The summed E-state index contributed by atoms with van der Waals surface area (Å²) in [5.41, 5.74) is 0.0536. The Labute approximate surface area is 206 Å². The number of carbonyl (C=O) groups is 4. The molecule has 1 aromatic carbocycles. The van der Waals surface area contributed by atoms with E-state index >= 15 is 0 Å². The molecule has 0 aromatic heterocycles. The molecule has 11 nitrogen and oxygen atoms in total. The van der Waals surface area contributed by atoms with Gasteiger partial charge in [-0.05, 0) is 30.5 Å². The van der Waals surface area contributed by atoms with E-state index in [-0.39, 0.29) is 34.6 Å². The number of halogens is 2. The standard InChI is InChI=1S/C20H25BCl2N2O9/c1-9(2)6-14(21-33-15(19(28)29)16(34-21)20(30)31)25-18(27)13(8-32-3)24-17(26)11-7-10(22)4-5-12(11)23/h4-5,7,9,13-16H,6,8H2,1-3H3,(H,24,26)(H,25,27)(H,28,29)(H,30,31)/t13?,14-,15?,16?/m0/s1. The molecular weight excluding hydrogens is 494 g/mol. The van der Waals surface area contributed by atoms with Crippen LogP contribution in [0.15, 0.2) is 18.2 Å². The lowest BCUT2D eigenvalue weighted by Crippen LogP contribution is -2.56. The van der Waals surface area contributed by atoms with E-state index in [9.17, 15) is 29.4 Å². The van der Waals surface area contributed by atoms with Crippen LogP contribution in [-0.2, 0) is 28.4 Å². The summed E-state index contributed by atoms with van der Waals surface area (Å²) in [6.45, 7) is 3.48. The molecule has 0 bridgehead atoms. The predicted molar refractivity (Wildman–Crippen MR) is 122 cm³/mol. The molecule has 0 aliphatic carbocycles. The van der Waals surface area contributed by atoms with Gasteiger partial charge < -0.3 is 34.9 Å².